The smallest absolute Gasteiger partial charge is 0.179 e. The lowest BCUT2D eigenvalue weighted by Crippen LogP contribution is -2.74. The third-order valence-electron chi connectivity index (χ3n) is 8.45. The van der Waals surface area contributed by atoms with Crippen LogP contribution >= 0.6 is 0 Å². The Kier molecular flexibility index (Phi) is 4.90. The van der Waals surface area contributed by atoms with Gasteiger partial charge < -0.3 is 4.57 Å². The fraction of sp³-hybridized carbons (Fsp3) is 0. The van der Waals surface area contributed by atoms with Crippen molar-refractivity contribution in [2.45, 2.75) is 0 Å². The molecule has 214 valence electrons. The molecule has 0 fully saturated rings. The first kappa shape index (κ1) is 19.7. The van der Waals surface area contributed by atoms with Crippen molar-refractivity contribution in [2.24, 2.45) is 0 Å². The van der Waals surface area contributed by atoms with Crippen LogP contribution in [0, 0.1) is 5.82 Å². The van der Waals surface area contributed by atoms with E-state index in [1.807, 2.05) is 30.3 Å². The van der Waals surface area contributed by atoms with Crippen LogP contribution in [0.2, 0.25) is 0 Å². The van der Waals surface area contributed by atoms with Crippen LogP contribution in [-0.4, -0.2) is 12.6 Å². The van der Waals surface area contributed by atoms with Gasteiger partial charge in [0.15, 0.2) is 8.07 Å². The zero-order valence-corrected chi connectivity index (χ0v) is 25.0. The number of hydrogen-bond acceptors (Lipinski definition) is 0. The summed E-state index contributed by atoms with van der Waals surface area (Å²) >= 11 is 0. The predicted molar refractivity (Wildman–Crippen MR) is 190 cm³/mol. The lowest BCUT2D eigenvalue weighted by Gasteiger charge is -2.34. The Labute approximate surface area is 274 Å². The molecule has 3 heteroatoms. The second-order valence-electron chi connectivity index (χ2n) is 10.9. The minimum atomic E-state index is -2.82. The van der Waals surface area contributed by atoms with Crippen molar-refractivity contribution in [3.63, 3.8) is 0 Å². The maximum absolute atomic E-state index is 15.8. The second kappa shape index (κ2) is 11.2. The van der Waals surface area contributed by atoms with E-state index < -0.39 is 62.2 Å². The lowest BCUT2D eigenvalue weighted by atomic mass is 10.0. The SMILES string of the molecule is [2H]c1c([2H])c([2H])c2c(c1[2H])c1c([2H])c([2H])c([2H])c([2H])c1n2-c1cc(F)cc(-c2ccc([Si](c3ccccc3)(c3ccccc3)c3ccccc3)cc2)c1. The molecule has 1 nitrogen and oxygen atoms in total. The molecular weight excluding hydrogens is 566 g/mol. The Hall–Kier alpha value is -5.51. The lowest BCUT2D eigenvalue weighted by molar-refractivity contribution is 0.627. The van der Waals surface area contributed by atoms with Gasteiger partial charge in [-0.25, -0.2) is 4.39 Å². The van der Waals surface area contributed by atoms with Crippen molar-refractivity contribution >= 4 is 50.6 Å². The van der Waals surface area contributed by atoms with Gasteiger partial charge in [-0.3, -0.25) is 0 Å². The summed E-state index contributed by atoms with van der Waals surface area (Å²) in [5.41, 5.74) is 1.20. The first-order valence-electron chi connectivity index (χ1n) is 18.6. The van der Waals surface area contributed by atoms with E-state index in [9.17, 15) is 0 Å². The molecular formula is C42H30FNSi. The van der Waals surface area contributed by atoms with Gasteiger partial charge in [0, 0.05) is 16.5 Å². The molecule has 0 aliphatic rings. The van der Waals surface area contributed by atoms with Crippen LogP contribution in [-0.2, 0) is 0 Å². The van der Waals surface area contributed by atoms with Gasteiger partial charge in [0.2, 0.25) is 0 Å². The highest BCUT2D eigenvalue weighted by molar-refractivity contribution is 7.19. The van der Waals surface area contributed by atoms with Crippen LogP contribution in [0.3, 0.4) is 0 Å². The fourth-order valence-corrected chi connectivity index (χ4v) is 11.3. The quantitative estimate of drug-likeness (QED) is 0.134. The largest absolute Gasteiger partial charge is 0.309 e. The summed E-state index contributed by atoms with van der Waals surface area (Å²) < 4.78 is 85.7. The summed E-state index contributed by atoms with van der Waals surface area (Å²) in [6.45, 7) is 0. The molecule has 0 saturated carbocycles. The molecule has 0 radical (unpaired) electrons. The van der Waals surface area contributed by atoms with Gasteiger partial charge in [0.25, 0.3) is 0 Å². The molecule has 0 saturated heterocycles. The minimum absolute atomic E-state index is 0.0581. The molecule has 0 bridgehead atoms. The summed E-state index contributed by atoms with van der Waals surface area (Å²) in [5, 5.41) is 4.63. The summed E-state index contributed by atoms with van der Waals surface area (Å²) in [4.78, 5) is 0. The second-order valence-corrected chi connectivity index (χ2v) is 14.7. The number of para-hydroxylation sites is 2. The monoisotopic (exact) mass is 603 g/mol. The Bertz CT molecular complexity index is 2530. The van der Waals surface area contributed by atoms with Crippen LogP contribution in [0.15, 0.2) is 182 Å². The zero-order chi connectivity index (χ0) is 37.2. The first-order chi connectivity index (χ1) is 25.5. The molecule has 8 aromatic rings. The fourth-order valence-electron chi connectivity index (χ4n) is 6.53. The van der Waals surface area contributed by atoms with E-state index in [2.05, 4.69) is 84.9 Å². The van der Waals surface area contributed by atoms with Gasteiger partial charge in [-0.15, -0.1) is 0 Å². The predicted octanol–water partition coefficient (Wildman–Crippen LogP) is 7.97. The van der Waals surface area contributed by atoms with Crippen molar-refractivity contribution in [3.05, 3.63) is 188 Å². The molecule has 0 spiro atoms. The maximum atomic E-state index is 15.8. The number of benzene rings is 7. The highest BCUT2D eigenvalue weighted by Gasteiger charge is 2.41. The maximum Gasteiger partial charge on any atom is 0.179 e. The van der Waals surface area contributed by atoms with E-state index in [1.54, 1.807) is 6.07 Å². The number of hydrogen-bond donors (Lipinski definition) is 0. The molecule has 7 aromatic carbocycles. The zero-order valence-electron chi connectivity index (χ0n) is 32.0. The van der Waals surface area contributed by atoms with Crippen LogP contribution in [0.5, 0.6) is 0 Å². The highest BCUT2D eigenvalue weighted by atomic mass is 28.3. The summed E-state index contributed by atoms with van der Waals surface area (Å²) in [5.74, 6) is -0.625. The summed E-state index contributed by atoms with van der Waals surface area (Å²) in [7, 11) is -2.82. The summed E-state index contributed by atoms with van der Waals surface area (Å²) in [6.07, 6.45) is 0. The molecule has 0 aliphatic carbocycles. The third-order valence-corrected chi connectivity index (χ3v) is 13.2. The number of fused-ring (bicyclic) bond motifs is 3. The molecule has 0 amide bonds. The highest BCUT2D eigenvalue weighted by Crippen LogP contribution is 2.33. The van der Waals surface area contributed by atoms with Crippen LogP contribution in [0.1, 0.15) is 11.0 Å². The average Bonchev–Trinajstić information content (AvgIpc) is 3.56. The average molecular weight is 604 g/mol. The van der Waals surface area contributed by atoms with Crippen molar-refractivity contribution in [2.75, 3.05) is 0 Å². The third kappa shape index (κ3) is 4.52. The van der Waals surface area contributed by atoms with E-state index in [-0.39, 0.29) is 27.5 Å². The molecule has 0 unspecified atom stereocenters. The molecule has 0 aliphatic heterocycles. The van der Waals surface area contributed by atoms with E-state index >= 15 is 4.39 Å². The number of aromatic nitrogens is 1. The molecule has 1 aromatic heterocycles. The minimum Gasteiger partial charge on any atom is -0.309 e. The van der Waals surface area contributed by atoms with E-state index in [4.69, 9.17) is 11.0 Å². The molecule has 0 atom stereocenters. The van der Waals surface area contributed by atoms with Gasteiger partial charge in [0.1, 0.15) is 5.82 Å². The Balaban J connectivity index is 1.37. The Morgan fingerprint density at radius 2 is 0.911 bits per heavy atom. The van der Waals surface area contributed by atoms with Crippen molar-refractivity contribution in [3.8, 4) is 16.8 Å². The van der Waals surface area contributed by atoms with Crippen LogP contribution in [0.25, 0.3) is 38.6 Å². The molecule has 0 N–H and O–H groups in total. The van der Waals surface area contributed by atoms with E-state index in [1.165, 1.54) is 32.3 Å². The van der Waals surface area contributed by atoms with Crippen LogP contribution in [0.4, 0.5) is 4.39 Å². The van der Waals surface area contributed by atoms with Crippen LogP contribution < -0.4 is 20.7 Å². The van der Waals surface area contributed by atoms with E-state index in [0.717, 1.165) is 5.19 Å². The van der Waals surface area contributed by atoms with Crippen molar-refractivity contribution < 1.29 is 15.4 Å². The van der Waals surface area contributed by atoms with Gasteiger partial charge in [-0.1, -0.05) is 152 Å². The Morgan fingerprint density at radius 3 is 1.40 bits per heavy atom. The van der Waals surface area contributed by atoms with Gasteiger partial charge in [0.05, 0.1) is 22.0 Å². The van der Waals surface area contributed by atoms with Crippen molar-refractivity contribution in [1.82, 2.24) is 4.57 Å². The van der Waals surface area contributed by atoms with Gasteiger partial charge >= 0.3 is 0 Å². The molecule has 8 rings (SSSR count). The molecule has 1 heterocycles. The van der Waals surface area contributed by atoms with Crippen molar-refractivity contribution in [1.29, 1.82) is 0 Å². The Morgan fingerprint density at radius 1 is 0.467 bits per heavy atom. The number of rotatable bonds is 6. The standard InChI is InChI=1S/C42H30FNSi/c43-33-28-32(29-34(30-33)44-41-22-12-10-20-39(41)40-21-11-13-23-42(40)44)31-24-26-38(27-25-31)45(35-14-4-1-5-15-35,36-16-6-2-7-17-36)37-18-8-3-9-19-37/h1-30H/i10D,11D,12D,13D,20D,21D,22D,23D. The van der Waals surface area contributed by atoms with Gasteiger partial charge in [-0.05, 0) is 62.2 Å². The van der Waals surface area contributed by atoms with E-state index in [0.29, 0.717) is 11.1 Å². The van der Waals surface area contributed by atoms with Gasteiger partial charge in [-0.2, -0.15) is 0 Å². The topological polar surface area (TPSA) is 4.93 Å². The number of halogens is 1. The summed E-state index contributed by atoms with van der Waals surface area (Å²) in [6, 6.07) is 39.9. The molecule has 45 heavy (non-hydrogen) atoms. The number of nitrogens with zero attached hydrogens (tertiary/aromatic N) is 1. The normalized spacial score (nSPS) is 14.2. The first-order valence-corrected chi connectivity index (χ1v) is 16.6.